The largest absolute Gasteiger partial charge is 0.497 e. The number of methoxy groups -OCH3 is 1. The number of aromatic amines is 1. The number of hydrogen-bond acceptors (Lipinski definition) is 6. The lowest BCUT2D eigenvalue weighted by Crippen LogP contribution is -2.27. The molecule has 0 fully saturated rings. The molecular weight excluding hydrogens is 348 g/mol. The molecule has 8 nitrogen and oxygen atoms in total. The third kappa shape index (κ3) is 4.28. The second-order valence-corrected chi connectivity index (χ2v) is 6.13. The molecule has 2 N–H and O–H groups in total. The monoisotopic (exact) mass is 370 g/mol. The molecule has 1 aromatic carbocycles. The Balaban J connectivity index is 1.58. The summed E-state index contributed by atoms with van der Waals surface area (Å²) in [5.41, 5.74) is 2.95. The Labute approximate surface area is 156 Å². The molecule has 142 valence electrons. The molecule has 1 atom stereocenters. The van der Waals surface area contributed by atoms with Gasteiger partial charge in [-0.15, -0.1) is 0 Å². The van der Waals surface area contributed by atoms with Crippen LogP contribution in [0.25, 0.3) is 0 Å². The van der Waals surface area contributed by atoms with E-state index in [1.165, 1.54) is 6.26 Å². The smallest absolute Gasteiger partial charge is 0.273 e. The maximum atomic E-state index is 12.4. The second kappa shape index (κ2) is 7.94. The lowest BCUT2D eigenvalue weighted by atomic mass is 10.1. The van der Waals surface area contributed by atoms with Gasteiger partial charge in [-0.05, 0) is 45.0 Å². The molecule has 27 heavy (non-hydrogen) atoms. The van der Waals surface area contributed by atoms with E-state index in [0.29, 0.717) is 11.6 Å². The van der Waals surface area contributed by atoms with E-state index in [0.717, 1.165) is 22.7 Å². The first-order valence-corrected chi connectivity index (χ1v) is 8.51. The standard InChI is InChI=1S/C19H22N4O4/c1-11(18-12(2)22-23-13(18)3)20-19(24)16-9-27-17(21-16)10-26-15-7-5-14(25-4)6-8-15/h5-9,11H,10H2,1-4H3,(H,20,24)(H,22,23). The quantitative estimate of drug-likeness (QED) is 0.662. The lowest BCUT2D eigenvalue weighted by molar-refractivity contribution is 0.0934. The summed E-state index contributed by atoms with van der Waals surface area (Å²) >= 11 is 0. The normalized spacial score (nSPS) is 11.9. The van der Waals surface area contributed by atoms with Crippen molar-refractivity contribution in [2.45, 2.75) is 33.4 Å². The number of aromatic nitrogens is 3. The number of carbonyl (C=O) groups is 1. The van der Waals surface area contributed by atoms with Crippen molar-refractivity contribution in [1.29, 1.82) is 0 Å². The molecule has 0 radical (unpaired) electrons. The maximum absolute atomic E-state index is 12.4. The van der Waals surface area contributed by atoms with E-state index in [-0.39, 0.29) is 24.2 Å². The Morgan fingerprint density at radius 1 is 1.26 bits per heavy atom. The SMILES string of the molecule is COc1ccc(OCc2nc(C(=O)NC(C)c3c(C)n[nH]c3C)co2)cc1. The fourth-order valence-electron chi connectivity index (χ4n) is 2.84. The van der Waals surface area contributed by atoms with Crippen LogP contribution in [0.2, 0.25) is 0 Å². The second-order valence-electron chi connectivity index (χ2n) is 6.13. The summed E-state index contributed by atoms with van der Waals surface area (Å²) in [6.45, 7) is 5.83. The zero-order chi connectivity index (χ0) is 19.4. The maximum Gasteiger partial charge on any atom is 0.273 e. The van der Waals surface area contributed by atoms with Gasteiger partial charge in [0.15, 0.2) is 12.3 Å². The Kier molecular flexibility index (Phi) is 5.44. The van der Waals surface area contributed by atoms with Gasteiger partial charge in [-0.3, -0.25) is 9.89 Å². The van der Waals surface area contributed by atoms with E-state index in [9.17, 15) is 4.79 Å². The minimum Gasteiger partial charge on any atom is -0.497 e. The number of hydrogen-bond donors (Lipinski definition) is 2. The highest BCUT2D eigenvalue weighted by Gasteiger charge is 2.19. The number of rotatable bonds is 7. The fraction of sp³-hybridized carbons (Fsp3) is 0.316. The van der Waals surface area contributed by atoms with Gasteiger partial charge in [-0.2, -0.15) is 5.10 Å². The molecular formula is C19H22N4O4. The summed E-state index contributed by atoms with van der Waals surface area (Å²) < 4.78 is 16.0. The Hall–Kier alpha value is -3.29. The van der Waals surface area contributed by atoms with Crippen LogP contribution in [0.5, 0.6) is 11.5 Å². The summed E-state index contributed by atoms with van der Waals surface area (Å²) in [6, 6.07) is 6.96. The van der Waals surface area contributed by atoms with E-state index in [2.05, 4.69) is 20.5 Å². The Morgan fingerprint density at radius 3 is 2.59 bits per heavy atom. The number of amides is 1. The zero-order valence-corrected chi connectivity index (χ0v) is 15.7. The number of aryl methyl sites for hydroxylation is 2. The molecule has 8 heteroatoms. The summed E-state index contributed by atoms with van der Waals surface area (Å²) in [6.07, 6.45) is 1.32. The molecule has 0 aliphatic heterocycles. The van der Waals surface area contributed by atoms with Crippen molar-refractivity contribution >= 4 is 5.91 Å². The number of H-pyrrole nitrogens is 1. The first kappa shape index (κ1) is 18.5. The average molecular weight is 370 g/mol. The molecule has 1 unspecified atom stereocenters. The van der Waals surface area contributed by atoms with Gasteiger partial charge in [0.25, 0.3) is 5.91 Å². The van der Waals surface area contributed by atoms with Gasteiger partial charge in [0.1, 0.15) is 17.8 Å². The zero-order valence-electron chi connectivity index (χ0n) is 15.7. The number of oxazole rings is 1. The highest BCUT2D eigenvalue weighted by Crippen LogP contribution is 2.20. The Morgan fingerprint density at radius 2 is 1.96 bits per heavy atom. The third-order valence-electron chi connectivity index (χ3n) is 4.17. The van der Waals surface area contributed by atoms with Crippen molar-refractivity contribution in [2.75, 3.05) is 7.11 Å². The van der Waals surface area contributed by atoms with Crippen molar-refractivity contribution in [3.05, 3.63) is 59.1 Å². The number of ether oxygens (including phenoxy) is 2. The lowest BCUT2D eigenvalue weighted by Gasteiger charge is -2.13. The minimum atomic E-state index is -0.318. The summed E-state index contributed by atoms with van der Waals surface area (Å²) in [7, 11) is 1.60. The highest BCUT2D eigenvalue weighted by molar-refractivity contribution is 5.92. The van der Waals surface area contributed by atoms with E-state index in [1.54, 1.807) is 31.4 Å². The minimum absolute atomic E-state index is 0.120. The van der Waals surface area contributed by atoms with Gasteiger partial charge in [-0.25, -0.2) is 4.98 Å². The number of nitrogens with zero attached hydrogens (tertiary/aromatic N) is 2. The third-order valence-corrected chi connectivity index (χ3v) is 4.17. The summed E-state index contributed by atoms with van der Waals surface area (Å²) in [4.78, 5) is 16.6. The van der Waals surface area contributed by atoms with Crippen LogP contribution in [-0.2, 0) is 6.61 Å². The average Bonchev–Trinajstić information content (AvgIpc) is 3.27. The predicted octanol–water partition coefficient (Wildman–Crippen LogP) is 3.09. The first-order valence-electron chi connectivity index (χ1n) is 8.51. The summed E-state index contributed by atoms with van der Waals surface area (Å²) in [5.74, 6) is 1.40. The molecule has 2 aromatic heterocycles. The predicted molar refractivity (Wildman–Crippen MR) is 97.8 cm³/mol. The van der Waals surface area contributed by atoms with Gasteiger partial charge in [0, 0.05) is 11.3 Å². The van der Waals surface area contributed by atoms with Crippen LogP contribution in [0.15, 0.2) is 34.9 Å². The van der Waals surface area contributed by atoms with Gasteiger partial charge >= 0.3 is 0 Å². The molecule has 0 aliphatic carbocycles. The van der Waals surface area contributed by atoms with E-state index in [1.807, 2.05) is 20.8 Å². The molecule has 3 rings (SSSR count). The number of benzene rings is 1. The molecule has 0 aliphatic rings. The number of carbonyl (C=O) groups excluding carboxylic acids is 1. The number of nitrogens with one attached hydrogen (secondary N) is 2. The van der Waals surface area contributed by atoms with E-state index >= 15 is 0 Å². The molecule has 0 saturated carbocycles. The van der Waals surface area contributed by atoms with Crippen molar-refractivity contribution < 1.29 is 18.7 Å². The molecule has 0 spiro atoms. The summed E-state index contributed by atoms with van der Waals surface area (Å²) in [5, 5.41) is 9.97. The van der Waals surface area contributed by atoms with Crippen LogP contribution < -0.4 is 14.8 Å². The highest BCUT2D eigenvalue weighted by atomic mass is 16.5. The molecule has 3 aromatic rings. The molecule has 1 amide bonds. The van der Waals surface area contributed by atoms with E-state index in [4.69, 9.17) is 13.9 Å². The van der Waals surface area contributed by atoms with Crippen LogP contribution in [0.4, 0.5) is 0 Å². The van der Waals surface area contributed by atoms with Crippen LogP contribution in [-0.4, -0.2) is 28.2 Å². The van der Waals surface area contributed by atoms with Gasteiger partial charge in [0.05, 0.1) is 18.8 Å². The molecule has 2 heterocycles. The van der Waals surface area contributed by atoms with Crippen LogP contribution in [0, 0.1) is 13.8 Å². The van der Waals surface area contributed by atoms with Crippen LogP contribution in [0.1, 0.15) is 46.3 Å². The first-order chi connectivity index (χ1) is 13.0. The van der Waals surface area contributed by atoms with Gasteiger partial charge < -0.3 is 19.2 Å². The van der Waals surface area contributed by atoms with Gasteiger partial charge in [-0.1, -0.05) is 0 Å². The van der Waals surface area contributed by atoms with E-state index < -0.39 is 0 Å². The van der Waals surface area contributed by atoms with Crippen LogP contribution in [0.3, 0.4) is 0 Å². The Bertz CT molecular complexity index is 895. The fourth-order valence-corrected chi connectivity index (χ4v) is 2.84. The van der Waals surface area contributed by atoms with Crippen molar-refractivity contribution in [3.63, 3.8) is 0 Å². The molecule has 0 bridgehead atoms. The van der Waals surface area contributed by atoms with Crippen molar-refractivity contribution in [2.24, 2.45) is 0 Å². The van der Waals surface area contributed by atoms with Crippen LogP contribution >= 0.6 is 0 Å². The van der Waals surface area contributed by atoms with Crippen molar-refractivity contribution in [3.8, 4) is 11.5 Å². The van der Waals surface area contributed by atoms with Gasteiger partial charge in [0.2, 0.25) is 5.89 Å². The topological polar surface area (TPSA) is 102 Å². The van der Waals surface area contributed by atoms with Crippen molar-refractivity contribution in [1.82, 2.24) is 20.5 Å². The molecule has 0 saturated heterocycles.